The van der Waals surface area contributed by atoms with Gasteiger partial charge in [-0.3, -0.25) is 9.59 Å². The molecule has 0 aromatic heterocycles. The van der Waals surface area contributed by atoms with Crippen LogP contribution in [0.3, 0.4) is 0 Å². The van der Waals surface area contributed by atoms with E-state index in [0.29, 0.717) is 36.7 Å². The number of rotatable bonds is 8. The smallest absolute Gasteiger partial charge is 0.251 e. The highest BCUT2D eigenvalue weighted by Crippen LogP contribution is 2.28. The van der Waals surface area contributed by atoms with E-state index in [0.717, 1.165) is 0 Å². The van der Waals surface area contributed by atoms with Crippen LogP contribution in [0.4, 0.5) is 0 Å². The van der Waals surface area contributed by atoms with E-state index in [2.05, 4.69) is 10.6 Å². The van der Waals surface area contributed by atoms with E-state index >= 15 is 0 Å². The molecule has 1 aromatic rings. The summed E-state index contributed by atoms with van der Waals surface area (Å²) in [6, 6.07) is 4.80. The molecule has 2 amide bonds. The van der Waals surface area contributed by atoms with Gasteiger partial charge in [0.25, 0.3) is 5.91 Å². The highest BCUT2D eigenvalue weighted by Gasteiger charge is 2.39. The molecule has 9 heteroatoms. The fourth-order valence-corrected chi connectivity index (χ4v) is 5.04. The van der Waals surface area contributed by atoms with Crippen LogP contribution in [0.15, 0.2) is 18.2 Å². The van der Waals surface area contributed by atoms with E-state index < -0.39 is 27.2 Å². The average molecular weight is 398 g/mol. The molecule has 0 spiro atoms. The SMILES string of the molecule is CCOc1ccc(C(=O)NCC(=O)NC2(C)CCS(=O)(=O)C2)cc1OCC. The van der Waals surface area contributed by atoms with Crippen molar-refractivity contribution in [1.82, 2.24) is 10.6 Å². The number of sulfone groups is 1. The summed E-state index contributed by atoms with van der Waals surface area (Å²) in [5.74, 6) is 0.111. The molecule has 1 fully saturated rings. The van der Waals surface area contributed by atoms with Crippen LogP contribution < -0.4 is 20.1 Å². The standard InChI is InChI=1S/C18H26N2O6S/c1-4-25-14-7-6-13(10-15(14)26-5-2)17(22)19-11-16(21)20-18(3)8-9-27(23,24)12-18/h6-7,10H,4-5,8-9,11-12H2,1-3H3,(H,19,22)(H,20,21). The fraction of sp³-hybridized carbons (Fsp3) is 0.556. The van der Waals surface area contributed by atoms with Crippen LogP contribution in [0, 0.1) is 0 Å². The molecule has 2 rings (SSSR count). The second kappa shape index (κ2) is 8.60. The average Bonchev–Trinajstić information content (AvgIpc) is 2.87. The first-order valence-corrected chi connectivity index (χ1v) is 10.7. The number of nitrogens with one attached hydrogen (secondary N) is 2. The molecule has 1 heterocycles. The third-order valence-electron chi connectivity index (χ3n) is 4.16. The molecule has 1 aliphatic rings. The van der Waals surface area contributed by atoms with Crippen molar-refractivity contribution in [2.45, 2.75) is 32.7 Å². The minimum absolute atomic E-state index is 0.0581. The molecular weight excluding hydrogens is 372 g/mol. The third kappa shape index (κ3) is 5.85. The number of carbonyl (C=O) groups excluding carboxylic acids is 2. The molecule has 0 saturated carbocycles. The Hall–Kier alpha value is -2.29. The van der Waals surface area contributed by atoms with Crippen LogP contribution in [-0.2, 0) is 14.6 Å². The maximum absolute atomic E-state index is 12.3. The van der Waals surface area contributed by atoms with Crippen molar-refractivity contribution < 1.29 is 27.5 Å². The first-order chi connectivity index (χ1) is 12.7. The van der Waals surface area contributed by atoms with E-state index in [-0.39, 0.29) is 18.1 Å². The molecule has 8 nitrogen and oxygen atoms in total. The quantitative estimate of drug-likeness (QED) is 0.673. The lowest BCUT2D eigenvalue weighted by molar-refractivity contribution is -0.121. The van der Waals surface area contributed by atoms with Gasteiger partial charge in [-0.1, -0.05) is 0 Å². The molecule has 1 unspecified atom stereocenters. The van der Waals surface area contributed by atoms with Gasteiger partial charge in [0.1, 0.15) is 0 Å². The number of ether oxygens (including phenoxy) is 2. The predicted octanol–water partition coefficient (Wildman–Crippen LogP) is 0.907. The zero-order valence-electron chi connectivity index (χ0n) is 15.8. The van der Waals surface area contributed by atoms with Gasteiger partial charge in [0.05, 0.1) is 36.8 Å². The molecular formula is C18H26N2O6S. The highest BCUT2D eigenvalue weighted by molar-refractivity contribution is 7.91. The minimum atomic E-state index is -3.12. The van der Waals surface area contributed by atoms with Crippen molar-refractivity contribution in [3.05, 3.63) is 23.8 Å². The van der Waals surface area contributed by atoms with E-state index in [1.165, 1.54) is 0 Å². The summed E-state index contributed by atoms with van der Waals surface area (Å²) in [4.78, 5) is 24.4. The monoisotopic (exact) mass is 398 g/mol. The Kier molecular flexibility index (Phi) is 6.69. The van der Waals surface area contributed by atoms with E-state index in [1.54, 1.807) is 25.1 Å². The number of hydrogen-bond donors (Lipinski definition) is 2. The van der Waals surface area contributed by atoms with Crippen LogP contribution in [0.5, 0.6) is 11.5 Å². The molecule has 1 aliphatic heterocycles. The van der Waals surface area contributed by atoms with Gasteiger partial charge in [-0.05, 0) is 45.4 Å². The fourth-order valence-electron chi connectivity index (χ4n) is 2.94. The van der Waals surface area contributed by atoms with Crippen molar-refractivity contribution in [3.63, 3.8) is 0 Å². The van der Waals surface area contributed by atoms with Crippen LogP contribution in [0.25, 0.3) is 0 Å². The zero-order valence-corrected chi connectivity index (χ0v) is 16.6. The van der Waals surface area contributed by atoms with Gasteiger partial charge in [-0.2, -0.15) is 0 Å². The summed E-state index contributed by atoms with van der Waals surface area (Å²) in [7, 11) is -3.12. The van der Waals surface area contributed by atoms with Gasteiger partial charge in [-0.15, -0.1) is 0 Å². The van der Waals surface area contributed by atoms with Crippen LogP contribution >= 0.6 is 0 Å². The lowest BCUT2D eigenvalue weighted by Crippen LogP contribution is -2.50. The zero-order chi connectivity index (χ0) is 20.1. The molecule has 2 N–H and O–H groups in total. The Morgan fingerprint density at radius 1 is 1.15 bits per heavy atom. The van der Waals surface area contributed by atoms with Crippen LogP contribution in [-0.4, -0.2) is 57.0 Å². The van der Waals surface area contributed by atoms with Crippen LogP contribution in [0.2, 0.25) is 0 Å². The van der Waals surface area contributed by atoms with Gasteiger partial charge in [0.2, 0.25) is 5.91 Å². The first kappa shape index (κ1) is 21.0. The van der Waals surface area contributed by atoms with E-state index in [9.17, 15) is 18.0 Å². The predicted molar refractivity (Wildman–Crippen MR) is 101 cm³/mol. The van der Waals surface area contributed by atoms with Crippen molar-refractivity contribution >= 4 is 21.7 Å². The Labute approximate surface area is 159 Å². The first-order valence-electron chi connectivity index (χ1n) is 8.87. The largest absolute Gasteiger partial charge is 0.490 e. The van der Waals surface area contributed by atoms with Crippen molar-refractivity contribution in [1.29, 1.82) is 0 Å². The number of benzene rings is 1. The molecule has 0 bridgehead atoms. The maximum atomic E-state index is 12.3. The van der Waals surface area contributed by atoms with Crippen molar-refractivity contribution in [2.75, 3.05) is 31.3 Å². The van der Waals surface area contributed by atoms with Crippen molar-refractivity contribution in [2.24, 2.45) is 0 Å². The summed E-state index contributed by atoms with van der Waals surface area (Å²) in [5, 5.41) is 5.23. The molecule has 1 atom stereocenters. The number of carbonyl (C=O) groups is 2. The summed E-state index contributed by atoms with van der Waals surface area (Å²) < 4.78 is 34.1. The van der Waals surface area contributed by atoms with Gasteiger partial charge in [-0.25, -0.2) is 8.42 Å². The maximum Gasteiger partial charge on any atom is 0.251 e. The summed E-state index contributed by atoms with van der Waals surface area (Å²) in [6.07, 6.45) is 0.367. The van der Waals surface area contributed by atoms with E-state index in [1.807, 2.05) is 13.8 Å². The Morgan fingerprint density at radius 3 is 2.41 bits per heavy atom. The summed E-state index contributed by atoms with van der Waals surface area (Å²) in [6.45, 7) is 6.03. The second-order valence-electron chi connectivity index (χ2n) is 6.66. The normalized spacial score (nSPS) is 20.7. The Balaban J connectivity index is 1.95. The van der Waals surface area contributed by atoms with Crippen LogP contribution in [0.1, 0.15) is 37.6 Å². The van der Waals surface area contributed by atoms with Gasteiger partial charge >= 0.3 is 0 Å². The summed E-state index contributed by atoms with van der Waals surface area (Å²) in [5.41, 5.74) is -0.452. The molecule has 1 aromatic carbocycles. The second-order valence-corrected chi connectivity index (χ2v) is 8.85. The lowest BCUT2D eigenvalue weighted by atomic mass is 10.0. The third-order valence-corrected chi connectivity index (χ3v) is 6.06. The van der Waals surface area contributed by atoms with Crippen molar-refractivity contribution in [3.8, 4) is 11.5 Å². The Bertz CT molecular complexity index is 808. The van der Waals surface area contributed by atoms with Gasteiger partial charge < -0.3 is 20.1 Å². The molecule has 27 heavy (non-hydrogen) atoms. The van der Waals surface area contributed by atoms with Gasteiger partial charge in [0.15, 0.2) is 21.3 Å². The van der Waals surface area contributed by atoms with Gasteiger partial charge in [0, 0.05) is 5.56 Å². The number of amides is 2. The Morgan fingerprint density at radius 2 is 1.81 bits per heavy atom. The molecule has 0 aliphatic carbocycles. The highest BCUT2D eigenvalue weighted by atomic mass is 32.2. The van der Waals surface area contributed by atoms with E-state index in [4.69, 9.17) is 9.47 Å². The molecule has 150 valence electrons. The molecule has 0 radical (unpaired) electrons. The minimum Gasteiger partial charge on any atom is -0.490 e. The summed E-state index contributed by atoms with van der Waals surface area (Å²) >= 11 is 0. The topological polar surface area (TPSA) is 111 Å². The lowest BCUT2D eigenvalue weighted by Gasteiger charge is -2.23. The molecule has 1 saturated heterocycles. The number of hydrogen-bond acceptors (Lipinski definition) is 6.